The lowest BCUT2D eigenvalue weighted by Crippen LogP contribution is -2.52. The summed E-state index contributed by atoms with van der Waals surface area (Å²) in [6.07, 6.45) is 2.75. The molecule has 6 nitrogen and oxygen atoms in total. The molecule has 114 valence electrons. The molecular formula is C14H18N2O4S. The molecule has 0 aliphatic heterocycles. The maximum Gasteiger partial charge on any atom is 0.325 e. The first-order valence-corrected chi connectivity index (χ1v) is 7.61. The van der Waals surface area contributed by atoms with Crippen LogP contribution in [-0.4, -0.2) is 28.8 Å². The maximum atomic E-state index is 11.8. The van der Waals surface area contributed by atoms with Gasteiger partial charge in [0.15, 0.2) is 0 Å². The number of hydrogen-bond acceptors (Lipinski definition) is 6. The molecule has 2 unspecified atom stereocenters. The molecule has 2 rings (SSSR count). The number of methoxy groups -OCH3 is 1. The fourth-order valence-corrected chi connectivity index (χ4v) is 4.08. The molecular weight excluding hydrogens is 292 g/mol. The van der Waals surface area contributed by atoms with Crippen LogP contribution in [0.15, 0.2) is 29.2 Å². The van der Waals surface area contributed by atoms with Gasteiger partial charge in [-0.25, -0.2) is 0 Å². The highest BCUT2D eigenvalue weighted by Crippen LogP contribution is 2.40. The van der Waals surface area contributed by atoms with E-state index < -0.39 is 11.5 Å². The van der Waals surface area contributed by atoms with E-state index in [1.807, 2.05) is 0 Å². The van der Waals surface area contributed by atoms with Crippen molar-refractivity contribution in [2.45, 2.75) is 41.4 Å². The highest BCUT2D eigenvalue weighted by Gasteiger charge is 2.41. The molecule has 1 aromatic rings. The second-order valence-corrected chi connectivity index (χ2v) is 6.55. The number of ether oxygens (including phenoxy) is 1. The van der Waals surface area contributed by atoms with E-state index in [9.17, 15) is 14.9 Å². The van der Waals surface area contributed by atoms with Gasteiger partial charge in [-0.2, -0.15) is 0 Å². The summed E-state index contributed by atoms with van der Waals surface area (Å²) in [4.78, 5) is 23.1. The minimum Gasteiger partial charge on any atom is -0.468 e. The van der Waals surface area contributed by atoms with Gasteiger partial charge in [0.25, 0.3) is 5.69 Å². The van der Waals surface area contributed by atoms with Crippen molar-refractivity contribution < 1.29 is 14.5 Å². The van der Waals surface area contributed by atoms with Crippen LogP contribution in [-0.2, 0) is 9.53 Å². The molecule has 2 atom stereocenters. The number of nitrogens with zero attached hydrogens (tertiary/aromatic N) is 1. The van der Waals surface area contributed by atoms with Crippen LogP contribution in [0.5, 0.6) is 0 Å². The van der Waals surface area contributed by atoms with Crippen molar-refractivity contribution in [3.8, 4) is 0 Å². The second kappa shape index (κ2) is 6.44. The Hall–Kier alpha value is -1.60. The third-order valence-corrected chi connectivity index (χ3v) is 5.02. The molecule has 1 aliphatic rings. The number of thioether (sulfide) groups is 1. The van der Waals surface area contributed by atoms with Gasteiger partial charge in [0.1, 0.15) is 5.54 Å². The average molecular weight is 310 g/mol. The average Bonchev–Trinajstić information content (AvgIpc) is 2.46. The number of carbonyl (C=O) groups excluding carboxylic acids is 1. The Labute approximate surface area is 127 Å². The van der Waals surface area contributed by atoms with Gasteiger partial charge in [-0.3, -0.25) is 14.9 Å². The number of nitro groups is 1. The summed E-state index contributed by atoms with van der Waals surface area (Å²) in [6.45, 7) is 0. The summed E-state index contributed by atoms with van der Waals surface area (Å²) in [5.41, 5.74) is 5.25. The first kappa shape index (κ1) is 15.8. The van der Waals surface area contributed by atoms with Gasteiger partial charge in [0, 0.05) is 11.3 Å². The molecule has 0 saturated heterocycles. The normalized spacial score (nSPS) is 25.3. The van der Waals surface area contributed by atoms with E-state index in [1.54, 1.807) is 18.2 Å². The minimum atomic E-state index is -0.978. The van der Waals surface area contributed by atoms with Crippen molar-refractivity contribution in [2.75, 3.05) is 7.11 Å². The fourth-order valence-electron chi connectivity index (χ4n) is 2.63. The topological polar surface area (TPSA) is 95.5 Å². The van der Waals surface area contributed by atoms with Crippen LogP contribution < -0.4 is 5.73 Å². The second-order valence-electron chi connectivity index (χ2n) is 5.21. The first-order valence-electron chi connectivity index (χ1n) is 6.73. The Bertz CT molecular complexity index is 552. The number of benzene rings is 1. The molecule has 0 aromatic heterocycles. The van der Waals surface area contributed by atoms with Crippen molar-refractivity contribution in [1.29, 1.82) is 0 Å². The van der Waals surface area contributed by atoms with E-state index in [-0.39, 0.29) is 15.9 Å². The summed E-state index contributed by atoms with van der Waals surface area (Å²) in [7, 11) is 1.33. The third kappa shape index (κ3) is 3.54. The van der Waals surface area contributed by atoms with Crippen LogP contribution in [0.4, 0.5) is 5.69 Å². The predicted octanol–water partition coefficient (Wildman–Crippen LogP) is 2.50. The molecule has 7 heteroatoms. The summed E-state index contributed by atoms with van der Waals surface area (Å²) in [6, 6.07) is 6.63. The van der Waals surface area contributed by atoms with Gasteiger partial charge in [0.05, 0.1) is 16.9 Å². The molecule has 1 saturated carbocycles. The van der Waals surface area contributed by atoms with Crippen LogP contribution in [0.3, 0.4) is 0 Å². The van der Waals surface area contributed by atoms with Gasteiger partial charge in [0.2, 0.25) is 0 Å². The van der Waals surface area contributed by atoms with Crippen LogP contribution in [0.2, 0.25) is 0 Å². The van der Waals surface area contributed by atoms with Gasteiger partial charge < -0.3 is 10.5 Å². The van der Waals surface area contributed by atoms with Crippen molar-refractivity contribution >= 4 is 23.4 Å². The quantitative estimate of drug-likeness (QED) is 0.521. The van der Waals surface area contributed by atoms with Gasteiger partial charge in [-0.05, 0) is 31.7 Å². The molecule has 1 aliphatic carbocycles. The lowest BCUT2D eigenvalue weighted by atomic mass is 9.82. The van der Waals surface area contributed by atoms with Crippen LogP contribution in [0, 0.1) is 10.1 Å². The number of nitrogens with two attached hydrogens (primary N) is 1. The molecule has 21 heavy (non-hydrogen) atoms. The lowest BCUT2D eigenvalue weighted by Gasteiger charge is -2.35. The van der Waals surface area contributed by atoms with Crippen molar-refractivity contribution in [3.05, 3.63) is 34.4 Å². The molecule has 0 spiro atoms. The number of hydrogen-bond donors (Lipinski definition) is 1. The first-order chi connectivity index (χ1) is 9.96. The van der Waals surface area contributed by atoms with Gasteiger partial charge in [-0.15, -0.1) is 11.8 Å². The predicted molar refractivity (Wildman–Crippen MR) is 80.1 cm³/mol. The number of para-hydroxylation sites is 1. The van der Waals surface area contributed by atoms with E-state index in [2.05, 4.69) is 0 Å². The molecule has 1 aromatic carbocycles. The van der Waals surface area contributed by atoms with Crippen LogP contribution >= 0.6 is 11.8 Å². The van der Waals surface area contributed by atoms with E-state index in [4.69, 9.17) is 10.5 Å². The molecule has 1 fully saturated rings. The Morgan fingerprint density at radius 1 is 1.52 bits per heavy atom. The summed E-state index contributed by atoms with van der Waals surface area (Å²) < 4.78 is 4.77. The standard InChI is InChI=1S/C14H18N2O4S/c1-20-13(17)14(15)8-4-5-10(9-14)21-12-7-3-2-6-11(12)16(18)19/h2-3,6-7,10H,4-5,8-9,15H2,1H3. The van der Waals surface area contributed by atoms with Crippen molar-refractivity contribution in [3.63, 3.8) is 0 Å². The molecule has 0 heterocycles. The molecule has 0 bridgehead atoms. The van der Waals surface area contributed by atoms with Gasteiger partial charge >= 0.3 is 5.97 Å². The van der Waals surface area contributed by atoms with E-state index >= 15 is 0 Å². The van der Waals surface area contributed by atoms with Gasteiger partial charge in [-0.1, -0.05) is 12.1 Å². The summed E-state index contributed by atoms with van der Waals surface area (Å²) >= 11 is 1.42. The Morgan fingerprint density at radius 2 is 2.24 bits per heavy atom. The van der Waals surface area contributed by atoms with Crippen LogP contribution in [0.1, 0.15) is 25.7 Å². The summed E-state index contributed by atoms with van der Waals surface area (Å²) in [5, 5.41) is 11.1. The molecule has 0 amide bonds. The van der Waals surface area contributed by atoms with Crippen molar-refractivity contribution in [1.82, 2.24) is 0 Å². The lowest BCUT2D eigenvalue weighted by molar-refractivity contribution is -0.387. The zero-order valence-electron chi connectivity index (χ0n) is 11.8. The zero-order chi connectivity index (χ0) is 15.5. The molecule has 2 N–H and O–H groups in total. The monoisotopic (exact) mass is 310 g/mol. The fraction of sp³-hybridized carbons (Fsp3) is 0.500. The zero-order valence-corrected chi connectivity index (χ0v) is 12.6. The number of esters is 1. The largest absolute Gasteiger partial charge is 0.468 e. The third-order valence-electron chi connectivity index (χ3n) is 3.69. The Kier molecular flexibility index (Phi) is 4.84. The number of nitro benzene ring substituents is 1. The highest BCUT2D eigenvalue weighted by atomic mass is 32.2. The summed E-state index contributed by atoms with van der Waals surface area (Å²) in [5.74, 6) is -0.407. The Balaban J connectivity index is 2.13. The number of carbonyl (C=O) groups is 1. The number of rotatable bonds is 4. The van der Waals surface area contributed by atoms with E-state index in [0.717, 1.165) is 12.8 Å². The maximum absolute atomic E-state index is 11.8. The van der Waals surface area contributed by atoms with E-state index in [1.165, 1.54) is 24.9 Å². The van der Waals surface area contributed by atoms with Crippen molar-refractivity contribution in [2.24, 2.45) is 5.73 Å². The SMILES string of the molecule is COC(=O)C1(N)CCCC(Sc2ccccc2[N+](=O)[O-])C1. The van der Waals surface area contributed by atoms with E-state index in [0.29, 0.717) is 17.7 Å². The minimum absolute atomic E-state index is 0.0731. The smallest absolute Gasteiger partial charge is 0.325 e. The van der Waals surface area contributed by atoms with Crippen LogP contribution in [0.25, 0.3) is 0 Å². The Morgan fingerprint density at radius 3 is 2.90 bits per heavy atom. The highest BCUT2D eigenvalue weighted by molar-refractivity contribution is 8.00. The molecule has 0 radical (unpaired) electrons.